The highest BCUT2D eigenvalue weighted by molar-refractivity contribution is 6.30. The molecule has 0 saturated heterocycles. The fraction of sp³-hybridized carbons (Fsp3) is 0.250. The molecule has 1 unspecified atom stereocenters. The molecule has 1 heteroatoms. The summed E-state index contributed by atoms with van der Waals surface area (Å²) in [6.45, 7) is 7.93. The van der Waals surface area contributed by atoms with Crippen LogP contribution < -0.4 is 0 Å². The second-order valence-electron chi connectivity index (χ2n) is 6.22. The van der Waals surface area contributed by atoms with Gasteiger partial charge in [-0.3, -0.25) is 0 Å². The SMILES string of the molecule is C#C/C(=C/C=C)C1=C(Cl)CC(c2ccc(C)cc2C#C)C/C1=C/CC. The monoisotopic (exact) mass is 346 g/mol. The van der Waals surface area contributed by atoms with Crippen LogP contribution in [0.5, 0.6) is 0 Å². The Balaban J connectivity index is 2.54. The van der Waals surface area contributed by atoms with Crippen molar-refractivity contribution in [2.75, 3.05) is 0 Å². The Kier molecular flexibility index (Phi) is 6.52. The van der Waals surface area contributed by atoms with E-state index in [9.17, 15) is 0 Å². The van der Waals surface area contributed by atoms with Gasteiger partial charge in [-0.25, -0.2) is 0 Å². The first-order valence-electron chi connectivity index (χ1n) is 8.50. The molecular weight excluding hydrogens is 324 g/mol. The van der Waals surface area contributed by atoms with Crippen LogP contribution >= 0.6 is 11.6 Å². The van der Waals surface area contributed by atoms with Crippen molar-refractivity contribution >= 4 is 11.6 Å². The molecule has 0 saturated carbocycles. The summed E-state index contributed by atoms with van der Waals surface area (Å²) in [6, 6.07) is 6.31. The number of rotatable bonds is 4. The van der Waals surface area contributed by atoms with Crippen LogP contribution in [0, 0.1) is 31.6 Å². The highest BCUT2D eigenvalue weighted by atomic mass is 35.5. The van der Waals surface area contributed by atoms with Crippen LogP contribution in [0.2, 0.25) is 0 Å². The summed E-state index contributed by atoms with van der Waals surface area (Å²) in [7, 11) is 0. The third-order valence-corrected chi connectivity index (χ3v) is 4.79. The first-order valence-corrected chi connectivity index (χ1v) is 8.88. The lowest BCUT2D eigenvalue weighted by atomic mass is 9.77. The zero-order chi connectivity index (χ0) is 18.4. The minimum absolute atomic E-state index is 0.267. The second kappa shape index (κ2) is 8.62. The van der Waals surface area contributed by atoms with E-state index >= 15 is 0 Å². The summed E-state index contributed by atoms with van der Waals surface area (Å²) < 4.78 is 0. The van der Waals surface area contributed by atoms with Crippen molar-refractivity contribution in [1.82, 2.24) is 0 Å². The lowest BCUT2D eigenvalue weighted by Gasteiger charge is -2.28. The standard InChI is InChI=1S/C24H23Cl/c1-6-10-18(8-3)24-20(11-7-2)15-21(16-23(24)25)22-13-12-17(5)14-19(22)9-4/h3-4,6,10-14,21H,1,7,15-16H2,2,5H3/b18-10-,20-11-. The summed E-state index contributed by atoms with van der Waals surface area (Å²) in [6.07, 6.45) is 19.8. The normalized spacial score (nSPS) is 19.5. The predicted octanol–water partition coefficient (Wildman–Crippen LogP) is 6.43. The topological polar surface area (TPSA) is 0 Å². The Morgan fingerprint density at radius 2 is 2.12 bits per heavy atom. The maximum Gasteiger partial charge on any atom is 0.0329 e. The number of aryl methyl sites for hydroxylation is 1. The first kappa shape index (κ1) is 18.9. The first-order chi connectivity index (χ1) is 12.0. The Morgan fingerprint density at radius 1 is 1.36 bits per heavy atom. The third-order valence-electron chi connectivity index (χ3n) is 4.45. The summed E-state index contributed by atoms with van der Waals surface area (Å²) >= 11 is 6.71. The van der Waals surface area contributed by atoms with E-state index in [1.807, 2.05) is 6.08 Å². The molecule has 0 N–H and O–H groups in total. The van der Waals surface area contributed by atoms with E-state index in [0.717, 1.165) is 41.0 Å². The number of hydrogen-bond donors (Lipinski definition) is 0. The Bertz CT molecular complexity index is 847. The summed E-state index contributed by atoms with van der Waals surface area (Å²) in [5.41, 5.74) is 6.27. The number of hydrogen-bond acceptors (Lipinski definition) is 0. The lowest BCUT2D eigenvalue weighted by Crippen LogP contribution is -2.12. The van der Waals surface area contributed by atoms with Gasteiger partial charge in [0.25, 0.3) is 0 Å². The highest BCUT2D eigenvalue weighted by Gasteiger charge is 2.27. The van der Waals surface area contributed by atoms with Gasteiger partial charge in [0, 0.05) is 21.7 Å². The molecule has 1 aromatic rings. The van der Waals surface area contributed by atoms with Gasteiger partial charge in [-0.1, -0.05) is 61.2 Å². The highest BCUT2D eigenvalue weighted by Crippen LogP contribution is 2.44. The van der Waals surface area contributed by atoms with Crippen molar-refractivity contribution in [3.05, 3.63) is 81.4 Å². The number of allylic oxidation sites excluding steroid dienone is 7. The molecule has 0 nitrogen and oxygen atoms in total. The van der Waals surface area contributed by atoms with Gasteiger partial charge in [0.15, 0.2) is 0 Å². The lowest BCUT2D eigenvalue weighted by molar-refractivity contribution is 0.661. The van der Waals surface area contributed by atoms with E-state index in [-0.39, 0.29) is 5.92 Å². The van der Waals surface area contributed by atoms with E-state index in [4.69, 9.17) is 24.4 Å². The molecule has 1 atom stereocenters. The average molecular weight is 347 g/mol. The zero-order valence-corrected chi connectivity index (χ0v) is 15.7. The van der Waals surface area contributed by atoms with Crippen molar-refractivity contribution in [3.63, 3.8) is 0 Å². The molecular formula is C24H23Cl. The van der Waals surface area contributed by atoms with Crippen LogP contribution in [0.25, 0.3) is 0 Å². The van der Waals surface area contributed by atoms with Gasteiger partial charge in [0.2, 0.25) is 0 Å². The molecule has 2 rings (SSSR count). The third kappa shape index (κ3) is 4.17. The summed E-state index contributed by atoms with van der Waals surface area (Å²) in [4.78, 5) is 0. The molecule has 0 aliphatic heterocycles. The van der Waals surface area contributed by atoms with Crippen molar-refractivity contribution < 1.29 is 0 Å². The molecule has 1 aromatic carbocycles. The Hall–Kier alpha value is -2.41. The largest absolute Gasteiger partial charge is 0.115 e. The van der Waals surface area contributed by atoms with Gasteiger partial charge in [-0.2, -0.15) is 0 Å². The van der Waals surface area contributed by atoms with Crippen molar-refractivity contribution in [2.24, 2.45) is 0 Å². The molecule has 0 aromatic heterocycles. The van der Waals surface area contributed by atoms with Crippen LogP contribution in [0.4, 0.5) is 0 Å². The van der Waals surface area contributed by atoms with Crippen molar-refractivity contribution in [2.45, 2.75) is 39.0 Å². The molecule has 25 heavy (non-hydrogen) atoms. The summed E-state index contributed by atoms with van der Waals surface area (Å²) in [5.74, 6) is 5.84. The van der Waals surface area contributed by atoms with Crippen molar-refractivity contribution in [3.8, 4) is 24.7 Å². The van der Waals surface area contributed by atoms with E-state index in [1.165, 1.54) is 16.7 Å². The van der Waals surface area contributed by atoms with E-state index in [0.29, 0.717) is 0 Å². The van der Waals surface area contributed by atoms with E-state index in [2.05, 4.69) is 56.5 Å². The fourth-order valence-electron chi connectivity index (χ4n) is 3.38. The van der Waals surface area contributed by atoms with Gasteiger partial charge in [-0.15, -0.1) is 12.8 Å². The van der Waals surface area contributed by atoms with Crippen molar-refractivity contribution in [1.29, 1.82) is 0 Å². The smallest absolute Gasteiger partial charge is 0.0329 e. The van der Waals surface area contributed by atoms with E-state index in [1.54, 1.807) is 6.08 Å². The van der Waals surface area contributed by atoms with Gasteiger partial charge in [0.1, 0.15) is 0 Å². The summed E-state index contributed by atoms with van der Waals surface area (Å²) in [5, 5.41) is 0.797. The molecule has 126 valence electrons. The minimum Gasteiger partial charge on any atom is -0.115 e. The van der Waals surface area contributed by atoms with Gasteiger partial charge in [0.05, 0.1) is 0 Å². The van der Waals surface area contributed by atoms with E-state index < -0.39 is 0 Å². The molecule has 0 spiro atoms. The number of benzene rings is 1. The number of terminal acetylenes is 2. The maximum absolute atomic E-state index is 6.71. The molecule has 0 bridgehead atoms. The Morgan fingerprint density at radius 3 is 2.72 bits per heavy atom. The average Bonchev–Trinajstić information content (AvgIpc) is 2.60. The maximum atomic E-state index is 6.71. The van der Waals surface area contributed by atoms with Crippen LogP contribution in [-0.2, 0) is 0 Å². The molecule has 1 aliphatic carbocycles. The second-order valence-corrected chi connectivity index (χ2v) is 6.67. The quantitative estimate of drug-likeness (QED) is 0.435. The molecule has 1 aliphatic rings. The molecule has 0 amide bonds. The van der Waals surface area contributed by atoms with Gasteiger partial charge in [-0.05, 0) is 60.9 Å². The zero-order valence-electron chi connectivity index (χ0n) is 14.9. The Labute approximate surface area is 157 Å². The van der Waals surface area contributed by atoms with Crippen LogP contribution in [-0.4, -0.2) is 0 Å². The van der Waals surface area contributed by atoms with Crippen LogP contribution in [0.15, 0.2) is 64.8 Å². The number of halogens is 1. The minimum atomic E-state index is 0.267. The molecule has 0 radical (unpaired) electrons. The van der Waals surface area contributed by atoms with Gasteiger partial charge >= 0.3 is 0 Å². The van der Waals surface area contributed by atoms with Crippen LogP contribution in [0.1, 0.15) is 48.8 Å². The van der Waals surface area contributed by atoms with Gasteiger partial charge < -0.3 is 0 Å². The fourth-order valence-corrected chi connectivity index (χ4v) is 3.79. The molecule has 0 heterocycles. The van der Waals surface area contributed by atoms with Crippen LogP contribution in [0.3, 0.4) is 0 Å². The molecule has 0 fully saturated rings. The predicted molar refractivity (Wildman–Crippen MR) is 109 cm³/mol.